The van der Waals surface area contributed by atoms with E-state index in [-0.39, 0.29) is 11.7 Å². The van der Waals surface area contributed by atoms with Crippen molar-refractivity contribution in [1.29, 1.82) is 0 Å². The first-order valence-corrected chi connectivity index (χ1v) is 10.6. The number of hydrogen-bond acceptors (Lipinski definition) is 6. The number of benzene rings is 2. The third-order valence-electron chi connectivity index (χ3n) is 4.36. The van der Waals surface area contributed by atoms with Crippen LogP contribution in [0.15, 0.2) is 89.3 Å². The zero-order valence-corrected chi connectivity index (χ0v) is 17.7. The highest BCUT2D eigenvalue weighted by molar-refractivity contribution is 7.99. The molecule has 0 radical (unpaired) electrons. The molecule has 7 nitrogen and oxygen atoms in total. The predicted octanol–water partition coefficient (Wildman–Crippen LogP) is 3.88. The van der Waals surface area contributed by atoms with Crippen molar-refractivity contribution in [3.8, 4) is 17.1 Å². The van der Waals surface area contributed by atoms with Crippen molar-refractivity contribution in [2.75, 3.05) is 5.75 Å². The Morgan fingerprint density at radius 3 is 2.55 bits per heavy atom. The Hall–Kier alpha value is -3.78. The molecular weight excluding hydrogens is 408 g/mol. The lowest BCUT2D eigenvalue weighted by molar-refractivity contribution is -0.118. The summed E-state index contributed by atoms with van der Waals surface area (Å²) < 4.78 is 1.96. The van der Waals surface area contributed by atoms with Gasteiger partial charge in [0.25, 0.3) is 5.91 Å². The highest BCUT2D eigenvalue weighted by atomic mass is 32.2. The number of thioether (sulfide) groups is 1. The zero-order chi connectivity index (χ0) is 21.5. The number of pyridine rings is 1. The summed E-state index contributed by atoms with van der Waals surface area (Å²) in [6.07, 6.45) is 3.17. The Balaban J connectivity index is 1.51. The summed E-state index contributed by atoms with van der Waals surface area (Å²) in [5.74, 6) is 0.635. The molecule has 1 amide bonds. The van der Waals surface area contributed by atoms with Gasteiger partial charge in [0.1, 0.15) is 0 Å². The van der Waals surface area contributed by atoms with Crippen molar-refractivity contribution in [1.82, 2.24) is 25.2 Å². The SMILES string of the molecule is Cc1ccc(-n2c(SCC(=O)NN=Cc3ccccn3)nnc2-c2ccccc2)cc1. The van der Waals surface area contributed by atoms with Gasteiger partial charge in [0.2, 0.25) is 0 Å². The fraction of sp³-hybridized carbons (Fsp3) is 0.0870. The highest BCUT2D eigenvalue weighted by Crippen LogP contribution is 2.28. The molecule has 4 rings (SSSR count). The molecule has 0 aliphatic carbocycles. The smallest absolute Gasteiger partial charge is 0.250 e. The van der Waals surface area contributed by atoms with E-state index in [1.807, 2.05) is 78.2 Å². The molecule has 8 heteroatoms. The molecule has 4 aromatic rings. The largest absolute Gasteiger partial charge is 0.272 e. The monoisotopic (exact) mass is 428 g/mol. The Morgan fingerprint density at radius 2 is 1.81 bits per heavy atom. The molecule has 0 saturated heterocycles. The summed E-state index contributed by atoms with van der Waals surface area (Å²) in [4.78, 5) is 16.4. The molecule has 0 spiro atoms. The minimum atomic E-state index is -0.239. The molecule has 0 saturated carbocycles. The molecule has 1 N–H and O–H groups in total. The second-order valence-electron chi connectivity index (χ2n) is 6.68. The summed E-state index contributed by atoms with van der Waals surface area (Å²) >= 11 is 1.30. The van der Waals surface area contributed by atoms with Gasteiger partial charge < -0.3 is 0 Å². The molecule has 0 fully saturated rings. The van der Waals surface area contributed by atoms with Crippen LogP contribution in [0, 0.1) is 6.92 Å². The quantitative estimate of drug-likeness (QED) is 0.274. The highest BCUT2D eigenvalue weighted by Gasteiger charge is 2.17. The summed E-state index contributed by atoms with van der Waals surface area (Å²) in [6, 6.07) is 23.5. The van der Waals surface area contributed by atoms with Crippen molar-refractivity contribution in [3.63, 3.8) is 0 Å². The van der Waals surface area contributed by atoms with Crippen LogP contribution in [0.1, 0.15) is 11.3 Å². The van der Waals surface area contributed by atoms with Gasteiger partial charge in [-0.25, -0.2) is 5.43 Å². The zero-order valence-electron chi connectivity index (χ0n) is 16.8. The Bertz CT molecular complexity index is 1170. The van der Waals surface area contributed by atoms with Crippen molar-refractivity contribution in [3.05, 3.63) is 90.3 Å². The first kappa shape index (κ1) is 20.5. The van der Waals surface area contributed by atoms with Crippen molar-refractivity contribution in [2.45, 2.75) is 12.1 Å². The molecule has 0 atom stereocenters. The van der Waals surface area contributed by atoms with Gasteiger partial charge in [-0.1, -0.05) is 65.9 Å². The standard InChI is InChI=1S/C23H20N6OS/c1-17-10-12-20(13-11-17)29-22(18-7-3-2-4-8-18)27-28-23(29)31-16-21(30)26-25-15-19-9-5-6-14-24-19/h2-15H,16H2,1H3,(H,26,30). The second kappa shape index (κ2) is 9.82. The van der Waals surface area contributed by atoms with Gasteiger partial charge in [0.15, 0.2) is 11.0 Å². The molecule has 2 aromatic heterocycles. The summed E-state index contributed by atoms with van der Waals surface area (Å²) in [6.45, 7) is 2.04. The lowest BCUT2D eigenvalue weighted by Gasteiger charge is -2.10. The van der Waals surface area contributed by atoms with Gasteiger partial charge in [-0.15, -0.1) is 10.2 Å². The maximum Gasteiger partial charge on any atom is 0.250 e. The number of amides is 1. The van der Waals surface area contributed by atoms with E-state index < -0.39 is 0 Å². The first-order valence-electron chi connectivity index (χ1n) is 9.64. The Labute approximate surface area is 184 Å². The van der Waals surface area contributed by atoms with E-state index in [1.54, 1.807) is 12.3 Å². The van der Waals surface area contributed by atoms with Gasteiger partial charge in [-0.05, 0) is 31.2 Å². The summed E-state index contributed by atoms with van der Waals surface area (Å²) in [5.41, 5.74) is 6.24. The minimum absolute atomic E-state index is 0.151. The van der Waals surface area contributed by atoms with Crippen LogP contribution in [-0.4, -0.2) is 37.6 Å². The van der Waals surface area contributed by atoms with Crippen LogP contribution in [0.5, 0.6) is 0 Å². The second-order valence-corrected chi connectivity index (χ2v) is 7.62. The predicted molar refractivity (Wildman–Crippen MR) is 122 cm³/mol. The number of carbonyl (C=O) groups excluding carboxylic acids is 1. The number of carbonyl (C=O) groups is 1. The van der Waals surface area contributed by atoms with Crippen LogP contribution in [0.2, 0.25) is 0 Å². The lowest BCUT2D eigenvalue weighted by Crippen LogP contribution is -2.20. The minimum Gasteiger partial charge on any atom is -0.272 e. The number of aryl methyl sites for hydroxylation is 1. The summed E-state index contributed by atoms with van der Waals surface area (Å²) in [5, 5.41) is 13.3. The van der Waals surface area contributed by atoms with E-state index in [9.17, 15) is 4.79 Å². The molecule has 2 heterocycles. The number of hydrazone groups is 1. The molecule has 0 bridgehead atoms. The Morgan fingerprint density at radius 1 is 1.03 bits per heavy atom. The van der Waals surface area contributed by atoms with Crippen molar-refractivity contribution < 1.29 is 4.79 Å². The Kier molecular flexibility index (Phi) is 6.49. The fourth-order valence-electron chi connectivity index (χ4n) is 2.85. The average molecular weight is 429 g/mol. The number of rotatable bonds is 7. The topological polar surface area (TPSA) is 85.1 Å². The lowest BCUT2D eigenvalue weighted by atomic mass is 10.2. The van der Waals surface area contributed by atoms with Crippen LogP contribution >= 0.6 is 11.8 Å². The van der Waals surface area contributed by atoms with Crippen LogP contribution in [0.4, 0.5) is 0 Å². The van der Waals surface area contributed by atoms with Gasteiger partial charge >= 0.3 is 0 Å². The van der Waals surface area contributed by atoms with E-state index in [2.05, 4.69) is 25.7 Å². The van der Waals surface area contributed by atoms with Gasteiger partial charge in [-0.3, -0.25) is 14.3 Å². The van der Waals surface area contributed by atoms with Crippen LogP contribution < -0.4 is 5.43 Å². The number of nitrogens with one attached hydrogen (secondary N) is 1. The number of aromatic nitrogens is 4. The van der Waals surface area contributed by atoms with Gasteiger partial charge in [0.05, 0.1) is 17.7 Å². The van der Waals surface area contributed by atoms with Gasteiger partial charge in [-0.2, -0.15) is 5.10 Å². The van der Waals surface area contributed by atoms with Crippen LogP contribution in [0.3, 0.4) is 0 Å². The molecule has 0 aliphatic rings. The van der Waals surface area contributed by atoms with E-state index in [4.69, 9.17) is 0 Å². The average Bonchev–Trinajstić information content (AvgIpc) is 3.23. The van der Waals surface area contributed by atoms with Crippen LogP contribution in [-0.2, 0) is 4.79 Å². The molecular formula is C23H20N6OS. The molecule has 0 unspecified atom stereocenters. The number of nitrogens with zero attached hydrogens (tertiary/aromatic N) is 5. The van der Waals surface area contributed by atoms with Crippen molar-refractivity contribution >= 4 is 23.9 Å². The van der Waals surface area contributed by atoms with Gasteiger partial charge in [0, 0.05) is 17.4 Å². The van der Waals surface area contributed by atoms with E-state index in [0.29, 0.717) is 10.9 Å². The number of hydrogen-bond donors (Lipinski definition) is 1. The maximum absolute atomic E-state index is 12.3. The fourth-order valence-corrected chi connectivity index (χ4v) is 3.59. The molecule has 154 valence electrons. The van der Waals surface area contributed by atoms with Crippen molar-refractivity contribution in [2.24, 2.45) is 5.10 Å². The normalized spacial score (nSPS) is 11.0. The van der Waals surface area contributed by atoms with Crippen LogP contribution in [0.25, 0.3) is 17.1 Å². The van der Waals surface area contributed by atoms with E-state index >= 15 is 0 Å². The molecule has 2 aromatic carbocycles. The maximum atomic E-state index is 12.3. The molecule has 0 aliphatic heterocycles. The summed E-state index contributed by atoms with van der Waals surface area (Å²) in [7, 11) is 0. The first-order chi connectivity index (χ1) is 15.2. The van der Waals surface area contributed by atoms with E-state index in [0.717, 1.165) is 22.6 Å². The third kappa shape index (κ3) is 5.23. The third-order valence-corrected chi connectivity index (χ3v) is 5.29. The van der Waals surface area contributed by atoms with E-state index in [1.165, 1.54) is 18.0 Å². The molecule has 31 heavy (non-hydrogen) atoms.